The largest absolute Gasteiger partial charge is 0.468 e. The van der Waals surface area contributed by atoms with Crippen molar-refractivity contribution in [3.05, 3.63) is 40.7 Å². The maximum Gasteiger partial charge on any atom is 0.328 e. The Morgan fingerprint density at radius 3 is 2.30 bits per heavy atom. The van der Waals surface area contributed by atoms with Gasteiger partial charge in [0.2, 0.25) is 5.96 Å². The second kappa shape index (κ2) is 6.86. The first-order valence-electron chi connectivity index (χ1n) is 9.73. The van der Waals surface area contributed by atoms with E-state index in [9.17, 15) is 14.4 Å². The van der Waals surface area contributed by atoms with Crippen LogP contribution in [0.5, 0.6) is 0 Å². The van der Waals surface area contributed by atoms with Crippen LogP contribution in [0.1, 0.15) is 25.0 Å². The number of nitrogens with zero attached hydrogens (tertiary/aromatic N) is 5. The smallest absolute Gasteiger partial charge is 0.328 e. The molecule has 0 aromatic heterocycles. The number of hydrogen-bond donors (Lipinski definition) is 0. The first-order valence-corrected chi connectivity index (χ1v) is 9.73. The summed E-state index contributed by atoms with van der Waals surface area (Å²) < 4.78 is 4.65. The number of amides is 3. The summed E-state index contributed by atoms with van der Waals surface area (Å²) in [5.41, 5.74) is 5.05. The highest BCUT2D eigenvalue weighted by Crippen LogP contribution is 2.40. The van der Waals surface area contributed by atoms with E-state index in [0.717, 1.165) is 33.1 Å². The number of esters is 1. The molecule has 0 aliphatic carbocycles. The highest BCUT2D eigenvalue weighted by Gasteiger charge is 2.56. The van der Waals surface area contributed by atoms with Crippen LogP contribution < -0.4 is 4.90 Å². The maximum absolute atomic E-state index is 13.3. The number of fused-ring (bicyclic) bond motifs is 3. The van der Waals surface area contributed by atoms with E-state index in [-0.39, 0.29) is 0 Å². The monoisotopic (exact) mass is 411 g/mol. The molecule has 2 atom stereocenters. The van der Waals surface area contributed by atoms with Gasteiger partial charge in [0.05, 0.1) is 7.11 Å². The molecule has 3 heterocycles. The number of benzene rings is 1. The molecule has 3 aliphatic heterocycles. The van der Waals surface area contributed by atoms with Crippen molar-refractivity contribution in [3.8, 4) is 0 Å². The van der Waals surface area contributed by atoms with Crippen molar-refractivity contribution in [3.63, 3.8) is 0 Å². The van der Waals surface area contributed by atoms with Crippen molar-refractivity contribution in [1.82, 2.24) is 14.7 Å². The molecule has 9 nitrogen and oxygen atoms in total. The van der Waals surface area contributed by atoms with Gasteiger partial charge in [-0.2, -0.15) is 0 Å². The Bertz CT molecular complexity index is 1010. The second-order valence-electron chi connectivity index (χ2n) is 7.90. The van der Waals surface area contributed by atoms with Gasteiger partial charge in [0, 0.05) is 24.1 Å². The number of imide groups is 1. The number of rotatable bonds is 3. The number of guanidine groups is 1. The third kappa shape index (κ3) is 2.76. The van der Waals surface area contributed by atoms with Crippen LogP contribution in [0, 0.1) is 13.8 Å². The number of urea groups is 1. The van der Waals surface area contributed by atoms with Gasteiger partial charge in [0.1, 0.15) is 6.54 Å². The summed E-state index contributed by atoms with van der Waals surface area (Å²) in [5.74, 6) is -0.496. The molecule has 2 unspecified atom stereocenters. The van der Waals surface area contributed by atoms with E-state index in [1.165, 1.54) is 12.0 Å². The van der Waals surface area contributed by atoms with E-state index in [0.29, 0.717) is 5.96 Å². The second-order valence-corrected chi connectivity index (χ2v) is 7.90. The summed E-state index contributed by atoms with van der Waals surface area (Å²) in [5, 5.41) is 0. The third-order valence-corrected chi connectivity index (χ3v) is 5.87. The van der Waals surface area contributed by atoms with Crippen molar-refractivity contribution in [2.24, 2.45) is 4.99 Å². The van der Waals surface area contributed by atoms with Crippen LogP contribution in [0.4, 0.5) is 10.5 Å². The predicted octanol–water partition coefficient (Wildman–Crippen LogP) is 1.81. The minimum absolute atomic E-state index is 0.423. The summed E-state index contributed by atoms with van der Waals surface area (Å²) >= 11 is 0. The van der Waals surface area contributed by atoms with Crippen molar-refractivity contribution in [1.29, 1.82) is 0 Å². The molecule has 0 bridgehead atoms. The van der Waals surface area contributed by atoms with Crippen LogP contribution in [-0.2, 0) is 14.3 Å². The SMILES string of the molecule is COC(=O)CN1C(=O)C2C(N=C3N(c4cc(C)cc(C)c4)C(C)=C(C)N32)N(C)C1=O. The van der Waals surface area contributed by atoms with Crippen LogP contribution in [0.25, 0.3) is 0 Å². The number of likely N-dealkylation sites (N-methyl/N-ethyl adjacent to an activating group) is 1. The lowest BCUT2D eigenvalue weighted by Crippen LogP contribution is -2.65. The van der Waals surface area contributed by atoms with Gasteiger partial charge in [-0.25, -0.2) is 9.79 Å². The number of carbonyl (C=O) groups is 3. The zero-order valence-corrected chi connectivity index (χ0v) is 18.0. The number of allylic oxidation sites excluding steroid dienone is 2. The van der Waals surface area contributed by atoms with Gasteiger partial charge in [-0.3, -0.25) is 24.3 Å². The Labute approximate surface area is 175 Å². The van der Waals surface area contributed by atoms with Gasteiger partial charge in [0.25, 0.3) is 5.91 Å². The molecule has 3 aliphatic rings. The predicted molar refractivity (Wildman–Crippen MR) is 111 cm³/mol. The molecular formula is C21H25N5O4. The topological polar surface area (TPSA) is 85.8 Å². The van der Waals surface area contributed by atoms with Crippen molar-refractivity contribution in [2.75, 3.05) is 25.6 Å². The Kier molecular flexibility index (Phi) is 4.56. The van der Waals surface area contributed by atoms with Gasteiger partial charge in [-0.15, -0.1) is 0 Å². The van der Waals surface area contributed by atoms with E-state index >= 15 is 0 Å². The van der Waals surface area contributed by atoms with Crippen LogP contribution in [0.15, 0.2) is 34.6 Å². The van der Waals surface area contributed by atoms with E-state index in [1.54, 1.807) is 7.05 Å². The van der Waals surface area contributed by atoms with Gasteiger partial charge < -0.3 is 9.64 Å². The standard InChI is InChI=1S/C21H25N5O4/c1-11-7-12(2)9-15(8-11)25-13(3)14(4)26-17-18(22-20(25)26)23(5)21(29)24(19(17)28)10-16(27)30-6/h7-9,17-18H,10H2,1-6H3. The summed E-state index contributed by atoms with van der Waals surface area (Å²) in [6.45, 7) is 7.56. The lowest BCUT2D eigenvalue weighted by atomic mass is 10.1. The highest BCUT2D eigenvalue weighted by atomic mass is 16.5. The first-order chi connectivity index (χ1) is 14.1. The average molecular weight is 411 g/mol. The Morgan fingerprint density at radius 2 is 1.70 bits per heavy atom. The molecule has 1 saturated heterocycles. The molecule has 0 saturated carbocycles. The molecule has 3 amide bonds. The fraction of sp³-hybridized carbons (Fsp3) is 0.429. The summed E-state index contributed by atoms with van der Waals surface area (Å²) in [7, 11) is 2.82. The van der Waals surface area contributed by atoms with Crippen LogP contribution in [-0.4, -0.2) is 71.5 Å². The molecule has 4 rings (SSSR count). The van der Waals surface area contributed by atoms with Crippen LogP contribution >= 0.6 is 0 Å². The van der Waals surface area contributed by atoms with E-state index in [1.807, 2.05) is 37.5 Å². The highest BCUT2D eigenvalue weighted by molar-refractivity contribution is 6.11. The van der Waals surface area contributed by atoms with Crippen molar-refractivity contribution < 1.29 is 19.1 Å². The van der Waals surface area contributed by atoms with Gasteiger partial charge in [-0.1, -0.05) is 6.07 Å². The lowest BCUT2D eigenvalue weighted by Gasteiger charge is -2.40. The van der Waals surface area contributed by atoms with Gasteiger partial charge in [-0.05, 0) is 51.0 Å². The number of aliphatic imine (C=N–C) groups is 1. The van der Waals surface area contributed by atoms with Gasteiger partial charge in [0.15, 0.2) is 12.2 Å². The fourth-order valence-electron chi connectivity index (χ4n) is 4.34. The summed E-state index contributed by atoms with van der Waals surface area (Å²) in [4.78, 5) is 48.8. The molecule has 1 aromatic rings. The number of aryl methyl sites for hydroxylation is 2. The lowest BCUT2D eigenvalue weighted by molar-refractivity contribution is -0.148. The van der Waals surface area contributed by atoms with E-state index in [4.69, 9.17) is 4.99 Å². The number of anilines is 1. The molecule has 1 aromatic carbocycles. The number of hydrogen-bond acceptors (Lipinski definition) is 7. The molecule has 1 fully saturated rings. The Hall–Kier alpha value is -3.36. The average Bonchev–Trinajstić information content (AvgIpc) is 3.18. The molecule has 0 radical (unpaired) electrons. The van der Waals surface area contributed by atoms with E-state index in [2.05, 4.69) is 22.9 Å². The van der Waals surface area contributed by atoms with E-state index < -0.39 is 36.7 Å². The quantitative estimate of drug-likeness (QED) is 0.705. The molecule has 0 N–H and O–H groups in total. The Morgan fingerprint density at radius 1 is 1.07 bits per heavy atom. The third-order valence-electron chi connectivity index (χ3n) is 5.87. The zero-order valence-electron chi connectivity index (χ0n) is 18.0. The zero-order chi connectivity index (χ0) is 21.9. The molecule has 9 heteroatoms. The molecular weight excluding hydrogens is 386 g/mol. The maximum atomic E-state index is 13.3. The number of ether oxygens (including phenoxy) is 1. The van der Waals surface area contributed by atoms with Gasteiger partial charge >= 0.3 is 12.0 Å². The summed E-state index contributed by atoms with van der Waals surface area (Å²) in [6.07, 6.45) is -0.662. The minimum atomic E-state index is -0.724. The molecule has 30 heavy (non-hydrogen) atoms. The number of carbonyl (C=O) groups excluding carboxylic acids is 3. The van der Waals surface area contributed by atoms with Crippen molar-refractivity contribution >= 4 is 29.6 Å². The fourth-order valence-corrected chi connectivity index (χ4v) is 4.34. The number of methoxy groups -OCH3 is 1. The molecule has 158 valence electrons. The molecule has 0 spiro atoms. The first kappa shape index (κ1) is 19.9. The normalized spacial score (nSPS) is 23.2. The summed E-state index contributed by atoms with van der Waals surface area (Å²) in [6, 6.07) is 4.95. The van der Waals surface area contributed by atoms with Crippen molar-refractivity contribution in [2.45, 2.75) is 39.9 Å². The minimum Gasteiger partial charge on any atom is -0.468 e. The van der Waals surface area contributed by atoms with Crippen LogP contribution in [0.3, 0.4) is 0 Å². The van der Waals surface area contributed by atoms with Crippen LogP contribution in [0.2, 0.25) is 0 Å². The Balaban J connectivity index is 1.76.